The number of aldehydes is 1. The quantitative estimate of drug-likeness (QED) is 0.0300. The van der Waals surface area contributed by atoms with Crippen LogP contribution in [0, 0.1) is 29.1 Å². The number of aliphatic hydroxyl groups excluding tert-OH is 1. The topological polar surface area (TPSA) is 326 Å². The van der Waals surface area contributed by atoms with Crippen LogP contribution < -0.4 is 37.2 Å². The Labute approximate surface area is 523 Å². The molecule has 0 bridgehead atoms. The zero-order valence-corrected chi connectivity index (χ0v) is 53.2. The Morgan fingerprint density at radius 1 is 0.607 bits per heavy atom. The van der Waals surface area contributed by atoms with Gasteiger partial charge in [0.25, 0.3) is 0 Å². The van der Waals surface area contributed by atoms with Gasteiger partial charge in [0.1, 0.15) is 36.3 Å². The number of carbonyl (C=O) groups excluding carboxylic acids is 11. The van der Waals surface area contributed by atoms with E-state index >= 15 is 0 Å². The summed E-state index contributed by atoms with van der Waals surface area (Å²) in [6.07, 6.45) is 1.74. The van der Waals surface area contributed by atoms with Gasteiger partial charge in [-0.2, -0.15) is 0 Å². The fraction of sp³-hybridized carbons (Fsp3) is 0.545. The Hall–Kier alpha value is -8.34. The number of likely N-dealkylation sites (N-methyl/N-ethyl adjacent to an activating group) is 1. The lowest BCUT2D eigenvalue weighted by Crippen LogP contribution is -2.61. The fourth-order valence-electron chi connectivity index (χ4n) is 10.3. The molecule has 0 aliphatic carbocycles. The summed E-state index contributed by atoms with van der Waals surface area (Å²) in [7, 11) is 2.84. The first-order valence-corrected chi connectivity index (χ1v) is 31.0. The van der Waals surface area contributed by atoms with Crippen LogP contribution in [0.2, 0.25) is 0 Å². The summed E-state index contributed by atoms with van der Waals surface area (Å²) < 4.78 is 0. The van der Waals surface area contributed by atoms with Crippen LogP contribution in [0.25, 0.3) is 0 Å². The Morgan fingerprint density at radius 2 is 1.13 bits per heavy atom. The molecule has 9 atom stereocenters. The minimum Gasteiger partial charge on any atom is -0.391 e. The predicted octanol–water partition coefficient (Wildman–Crippen LogP) is 2.80. The zero-order valence-electron chi connectivity index (χ0n) is 53.2. The molecule has 2 unspecified atom stereocenters. The number of aliphatic hydroxyl groups is 1. The van der Waals surface area contributed by atoms with Crippen LogP contribution in [0.3, 0.4) is 0 Å². The molecular formula is C66H95N11O12. The van der Waals surface area contributed by atoms with Crippen LogP contribution in [0.4, 0.5) is 0 Å². The average Bonchev–Trinajstić information content (AvgIpc) is 2.38. The third-order valence-corrected chi connectivity index (χ3v) is 15.8. The van der Waals surface area contributed by atoms with Gasteiger partial charge in [-0.1, -0.05) is 139 Å². The Balaban J connectivity index is 1.46. The van der Waals surface area contributed by atoms with Crippen molar-refractivity contribution in [3.63, 3.8) is 0 Å². The molecule has 23 nitrogen and oxygen atoms in total. The maximum atomic E-state index is 14.7. The number of benzene rings is 3. The normalized spacial score (nSPS) is 15.2. The van der Waals surface area contributed by atoms with E-state index in [2.05, 4.69) is 37.2 Å². The van der Waals surface area contributed by atoms with Crippen LogP contribution in [0.1, 0.15) is 117 Å². The van der Waals surface area contributed by atoms with Gasteiger partial charge in [-0.15, -0.1) is 0 Å². The van der Waals surface area contributed by atoms with Crippen molar-refractivity contribution in [3.05, 3.63) is 108 Å². The maximum absolute atomic E-state index is 14.7. The van der Waals surface area contributed by atoms with Crippen molar-refractivity contribution >= 4 is 71.1 Å². The van der Waals surface area contributed by atoms with Crippen LogP contribution in [0.15, 0.2) is 91.0 Å². The van der Waals surface area contributed by atoms with E-state index in [-0.39, 0.29) is 56.8 Å². The second-order valence-corrected chi connectivity index (χ2v) is 24.0. The molecule has 1 aliphatic rings. The largest absolute Gasteiger partial charge is 0.391 e. The molecule has 3 aromatic carbocycles. The molecule has 0 aromatic heterocycles. The summed E-state index contributed by atoms with van der Waals surface area (Å²) in [5.41, 5.74) is 1.92. The molecule has 486 valence electrons. The van der Waals surface area contributed by atoms with E-state index in [1.54, 1.807) is 42.2 Å². The van der Waals surface area contributed by atoms with E-state index in [9.17, 15) is 57.8 Å². The standard InChI is InChI=1S/C66H95N11O12/c1-10-44(6)58(74-61(84)52(38-48-27-19-13-20-28-48)71-64(87)59(45(7)79)73-55(80)30-34-75(8)57(82)39-49(50(67)41-78)65(88)77-32-21-14-22-33-77)63(86)72-53(35-42(2)3)66(89)76(9)54(36-43(4)5)62(85)69-40-56(81)70-51(37-47-25-17-12-18-26-47)60(83)68-31-29-46-23-15-11-16-24-46/h11-13,15-20,23-28,41-45,49,51-54,58-59,67,79H,10,14,21-22,29-40H2,1-9H3,(H,68,83)(H,69,85)(H,70,81)(H,71,87)(H,72,86)(H,73,80)(H,74,84)/t44-,45+,49?,51-,52?,53-,54-,58-,59-/m0/s1. The number of nitrogens with one attached hydrogen (secondary N) is 8. The number of likely N-dealkylation sites (tertiary alicyclic amines) is 1. The Kier molecular flexibility index (Phi) is 30.8. The van der Waals surface area contributed by atoms with Crippen LogP contribution in [0.5, 0.6) is 0 Å². The number of hydrogen-bond donors (Lipinski definition) is 9. The number of rotatable bonds is 36. The molecule has 0 radical (unpaired) electrons. The first kappa shape index (κ1) is 73.1. The number of carbonyl (C=O) groups is 11. The van der Waals surface area contributed by atoms with Crippen LogP contribution >= 0.6 is 0 Å². The number of amides is 10. The maximum Gasteiger partial charge on any atom is 0.245 e. The summed E-state index contributed by atoms with van der Waals surface area (Å²) >= 11 is 0. The fourth-order valence-corrected chi connectivity index (χ4v) is 10.3. The molecule has 9 N–H and O–H groups in total. The number of piperidine rings is 1. The molecule has 1 fully saturated rings. The zero-order chi connectivity index (χ0) is 65.7. The van der Waals surface area contributed by atoms with Crippen LogP contribution in [-0.2, 0) is 72.0 Å². The molecule has 89 heavy (non-hydrogen) atoms. The van der Waals surface area contributed by atoms with E-state index in [0.717, 1.165) is 30.4 Å². The van der Waals surface area contributed by atoms with Crippen LogP contribution in [-0.4, -0.2) is 180 Å². The van der Waals surface area contributed by atoms with Gasteiger partial charge in [0.05, 0.1) is 24.3 Å². The van der Waals surface area contributed by atoms with Crippen molar-refractivity contribution in [1.29, 1.82) is 5.41 Å². The summed E-state index contributed by atoms with van der Waals surface area (Å²) in [5, 5.41) is 38.1. The van der Waals surface area contributed by atoms with Gasteiger partial charge >= 0.3 is 0 Å². The highest BCUT2D eigenvalue weighted by atomic mass is 16.3. The molecule has 3 aromatic rings. The van der Waals surface area contributed by atoms with E-state index < -0.39 is 132 Å². The minimum absolute atomic E-state index is 0.0948. The molecular weight excluding hydrogens is 1140 g/mol. The molecule has 0 saturated carbocycles. The van der Waals surface area contributed by atoms with Gasteiger partial charge in [-0.3, -0.25) is 52.7 Å². The second-order valence-electron chi connectivity index (χ2n) is 24.0. The summed E-state index contributed by atoms with van der Waals surface area (Å²) in [6, 6.07) is 20.0. The lowest BCUT2D eigenvalue weighted by molar-refractivity contribution is -0.143. The third-order valence-electron chi connectivity index (χ3n) is 15.8. The van der Waals surface area contributed by atoms with Crippen molar-refractivity contribution in [1.82, 2.24) is 51.9 Å². The van der Waals surface area contributed by atoms with E-state index in [1.165, 1.54) is 30.8 Å². The molecule has 0 spiro atoms. The van der Waals surface area contributed by atoms with E-state index in [0.29, 0.717) is 38.0 Å². The van der Waals surface area contributed by atoms with Gasteiger partial charge in [-0.25, -0.2) is 0 Å². The van der Waals surface area contributed by atoms with Crippen molar-refractivity contribution in [2.45, 2.75) is 161 Å². The molecule has 23 heteroatoms. The first-order valence-electron chi connectivity index (χ1n) is 31.0. The lowest BCUT2D eigenvalue weighted by Gasteiger charge is -2.34. The highest BCUT2D eigenvalue weighted by Gasteiger charge is 2.38. The summed E-state index contributed by atoms with van der Waals surface area (Å²) in [5.74, 6) is -8.66. The first-order chi connectivity index (χ1) is 42.3. The molecule has 1 heterocycles. The van der Waals surface area contributed by atoms with Crippen molar-refractivity contribution < 1.29 is 57.8 Å². The van der Waals surface area contributed by atoms with Crippen molar-refractivity contribution in [3.8, 4) is 0 Å². The second kappa shape index (κ2) is 37.5. The number of hydrogen-bond acceptors (Lipinski definition) is 13. The van der Waals surface area contributed by atoms with Gasteiger partial charge in [0.2, 0.25) is 59.1 Å². The predicted molar refractivity (Wildman–Crippen MR) is 337 cm³/mol. The smallest absolute Gasteiger partial charge is 0.245 e. The van der Waals surface area contributed by atoms with Gasteiger partial charge in [-0.05, 0) is 79.9 Å². The summed E-state index contributed by atoms with van der Waals surface area (Å²) in [6.45, 7) is 12.8. The minimum atomic E-state index is -1.60. The highest BCUT2D eigenvalue weighted by molar-refractivity contribution is 6.33. The van der Waals surface area contributed by atoms with Crippen molar-refractivity contribution in [2.24, 2.45) is 23.7 Å². The van der Waals surface area contributed by atoms with E-state index in [1.807, 2.05) is 95.3 Å². The molecule has 1 aliphatic heterocycles. The lowest BCUT2D eigenvalue weighted by atomic mass is 9.95. The van der Waals surface area contributed by atoms with Gasteiger partial charge < -0.3 is 62.4 Å². The highest BCUT2D eigenvalue weighted by Crippen LogP contribution is 2.19. The van der Waals surface area contributed by atoms with Crippen molar-refractivity contribution in [2.75, 3.05) is 46.8 Å². The molecule has 10 amide bonds. The Morgan fingerprint density at radius 3 is 1.66 bits per heavy atom. The Bertz CT molecular complexity index is 2830. The van der Waals surface area contributed by atoms with Gasteiger partial charge in [0, 0.05) is 66.0 Å². The van der Waals surface area contributed by atoms with E-state index in [4.69, 9.17) is 5.41 Å². The SMILES string of the molecule is CC[C@H](C)[C@H](NC(=O)C(Cc1ccccc1)NC(=O)[C@@H](NC(=O)CCN(C)C(=O)CC(C(=N)C=O)C(=O)N1CCCCC1)[C@@H](C)O)C(=O)N[C@@H](CC(C)C)C(=O)N(C)[C@@H](CC(C)C)C(=O)NCC(=O)N[C@@H](Cc1ccccc1)C(=O)NCCc1ccccc1. The summed E-state index contributed by atoms with van der Waals surface area (Å²) in [4.78, 5) is 155. The molecule has 4 rings (SSSR count). The average molecular weight is 1230 g/mol. The molecule has 1 saturated heterocycles. The van der Waals surface area contributed by atoms with Gasteiger partial charge in [0.15, 0.2) is 6.29 Å². The monoisotopic (exact) mass is 1230 g/mol. The third kappa shape index (κ3) is 24.6. The number of nitrogens with zero attached hydrogens (tertiary/aromatic N) is 3.